The van der Waals surface area contributed by atoms with Gasteiger partial charge in [0.05, 0.1) is 0 Å². The lowest BCUT2D eigenvalue weighted by molar-refractivity contribution is 0.297. The minimum absolute atomic E-state index is 0.610. The van der Waals surface area contributed by atoms with Gasteiger partial charge in [-0.25, -0.2) is 0 Å². The van der Waals surface area contributed by atoms with Gasteiger partial charge in [-0.05, 0) is 38.8 Å². The highest BCUT2D eigenvalue weighted by molar-refractivity contribution is 7.86. The first-order valence-electron chi connectivity index (χ1n) is 7.54. The maximum absolute atomic E-state index is 12.5. The van der Waals surface area contributed by atoms with Crippen LogP contribution in [0.3, 0.4) is 0 Å². The molecule has 0 spiro atoms. The van der Waals surface area contributed by atoms with Crippen LogP contribution in [0.2, 0.25) is 0 Å². The Kier molecular flexibility index (Phi) is 5.62. The number of hydrogen-bond acceptors (Lipinski definition) is 3. The standard InChI is InChI=1S/C13H27N3O2S/c1-14(12-13-15-8-6-7-9-15)19(17,18)16-10-4-2-3-5-11-16/h2-13H2,1H3. The summed E-state index contributed by atoms with van der Waals surface area (Å²) in [5, 5.41) is 0. The summed E-state index contributed by atoms with van der Waals surface area (Å²) in [6, 6.07) is 0. The van der Waals surface area contributed by atoms with Gasteiger partial charge in [0, 0.05) is 33.2 Å². The van der Waals surface area contributed by atoms with Crippen LogP contribution >= 0.6 is 0 Å². The average molecular weight is 289 g/mol. The van der Waals surface area contributed by atoms with Crippen LogP contribution in [0.25, 0.3) is 0 Å². The molecule has 6 heteroatoms. The Labute approximate surface area is 117 Å². The van der Waals surface area contributed by atoms with Crippen molar-refractivity contribution in [3.8, 4) is 0 Å². The first-order chi connectivity index (χ1) is 9.10. The molecule has 2 rings (SSSR count). The van der Waals surface area contributed by atoms with E-state index in [4.69, 9.17) is 0 Å². The van der Waals surface area contributed by atoms with Crippen LogP contribution in [-0.2, 0) is 10.2 Å². The van der Waals surface area contributed by atoms with Crippen LogP contribution in [0.4, 0.5) is 0 Å². The third-order valence-electron chi connectivity index (χ3n) is 4.21. The smallest absolute Gasteiger partial charge is 0.281 e. The van der Waals surface area contributed by atoms with E-state index < -0.39 is 10.2 Å². The lowest BCUT2D eigenvalue weighted by atomic mass is 10.2. The van der Waals surface area contributed by atoms with Crippen molar-refractivity contribution < 1.29 is 8.42 Å². The molecular weight excluding hydrogens is 262 g/mol. The van der Waals surface area contributed by atoms with E-state index >= 15 is 0 Å². The summed E-state index contributed by atoms with van der Waals surface area (Å²) in [5.41, 5.74) is 0. The predicted molar refractivity (Wildman–Crippen MR) is 77.3 cm³/mol. The maximum Gasteiger partial charge on any atom is 0.281 e. The second-order valence-electron chi connectivity index (χ2n) is 5.69. The van der Waals surface area contributed by atoms with Gasteiger partial charge in [0.25, 0.3) is 10.2 Å². The van der Waals surface area contributed by atoms with Crippen molar-refractivity contribution in [1.82, 2.24) is 13.5 Å². The molecular formula is C13H27N3O2S. The topological polar surface area (TPSA) is 43.9 Å². The van der Waals surface area contributed by atoms with Crippen LogP contribution in [-0.4, -0.2) is 68.2 Å². The van der Waals surface area contributed by atoms with Gasteiger partial charge in [0.2, 0.25) is 0 Å². The van der Waals surface area contributed by atoms with Gasteiger partial charge in [-0.2, -0.15) is 17.0 Å². The third-order valence-corrected chi connectivity index (χ3v) is 6.20. The summed E-state index contributed by atoms with van der Waals surface area (Å²) in [6.45, 7) is 5.10. The molecule has 0 aromatic carbocycles. The lowest BCUT2D eigenvalue weighted by Gasteiger charge is -2.27. The van der Waals surface area contributed by atoms with Gasteiger partial charge >= 0.3 is 0 Å². The van der Waals surface area contributed by atoms with E-state index in [1.807, 2.05) is 0 Å². The highest BCUT2D eigenvalue weighted by Crippen LogP contribution is 2.15. The van der Waals surface area contributed by atoms with E-state index in [9.17, 15) is 8.42 Å². The van der Waals surface area contributed by atoms with Gasteiger partial charge in [0.1, 0.15) is 0 Å². The Bertz CT molecular complexity index is 358. The zero-order valence-corrected chi connectivity index (χ0v) is 12.9. The van der Waals surface area contributed by atoms with Gasteiger partial charge < -0.3 is 4.90 Å². The van der Waals surface area contributed by atoms with Crippen molar-refractivity contribution in [3.63, 3.8) is 0 Å². The Morgan fingerprint density at radius 3 is 2.00 bits per heavy atom. The summed E-state index contributed by atoms with van der Waals surface area (Å²) >= 11 is 0. The molecule has 2 saturated heterocycles. The van der Waals surface area contributed by atoms with E-state index in [-0.39, 0.29) is 0 Å². The first-order valence-corrected chi connectivity index (χ1v) is 8.94. The number of hydrogen-bond donors (Lipinski definition) is 0. The molecule has 112 valence electrons. The Morgan fingerprint density at radius 1 is 0.895 bits per heavy atom. The molecule has 2 aliphatic heterocycles. The fourth-order valence-electron chi connectivity index (χ4n) is 2.87. The molecule has 0 amide bonds. The molecule has 0 aromatic rings. The minimum atomic E-state index is -3.24. The number of likely N-dealkylation sites (tertiary alicyclic amines) is 1. The largest absolute Gasteiger partial charge is 0.302 e. The summed E-state index contributed by atoms with van der Waals surface area (Å²) in [4.78, 5) is 2.36. The van der Waals surface area contributed by atoms with Gasteiger partial charge in [-0.1, -0.05) is 12.8 Å². The fraction of sp³-hybridized carbons (Fsp3) is 1.00. The van der Waals surface area contributed by atoms with E-state index in [1.165, 1.54) is 17.1 Å². The monoisotopic (exact) mass is 289 g/mol. The van der Waals surface area contributed by atoms with Gasteiger partial charge in [-0.15, -0.1) is 0 Å². The van der Waals surface area contributed by atoms with Crippen LogP contribution in [0, 0.1) is 0 Å². The quantitative estimate of drug-likeness (QED) is 0.762. The van der Waals surface area contributed by atoms with Crippen molar-refractivity contribution in [2.75, 3.05) is 46.3 Å². The van der Waals surface area contributed by atoms with Crippen LogP contribution in [0.1, 0.15) is 38.5 Å². The van der Waals surface area contributed by atoms with Crippen molar-refractivity contribution in [1.29, 1.82) is 0 Å². The Hall–Kier alpha value is -0.170. The summed E-state index contributed by atoms with van der Waals surface area (Å²) < 4.78 is 28.2. The van der Waals surface area contributed by atoms with E-state index in [2.05, 4.69) is 4.90 Å². The first kappa shape index (κ1) is 15.2. The number of rotatable bonds is 5. The summed E-state index contributed by atoms with van der Waals surface area (Å²) in [5.74, 6) is 0. The average Bonchev–Trinajstić information content (AvgIpc) is 2.75. The molecule has 0 N–H and O–H groups in total. The Morgan fingerprint density at radius 2 is 1.42 bits per heavy atom. The molecule has 0 atom stereocenters. The molecule has 5 nitrogen and oxygen atoms in total. The molecule has 0 aliphatic carbocycles. The van der Waals surface area contributed by atoms with Crippen molar-refractivity contribution in [3.05, 3.63) is 0 Å². The minimum Gasteiger partial charge on any atom is -0.302 e. The fourth-order valence-corrected chi connectivity index (χ4v) is 4.30. The molecule has 19 heavy (non-hydrogen) atoms. The van der Waals surface area contributed by atoms with Crippen LogP contribution in [0.5, 0.6) is 0 Å². The molecule has 2 fully saturated rings. The number of likely N-dealkylation sites (N-methyl/N-ethyl adjacent to an activating group) is 1. The molecule has 0 bridgehead atoms. The zero-order valence-electron chi connectivity index (χ0n) is 12.1. The SMILES string of the molecule is CN(CCN1CCCC1)S(=O)(=O)N1CCCCCC1. The molecule has 0 radical (unpaired) electrons. The number of nitrogens with zero attached hydrogens (tertiary/aromatic N) is 3. The maximum atomic E-state index is 12.5. The highest BCUT2D eigenvalue weighted by atomic mass is 32.2. The van der Waals surface area contributed by atoms with Crippen molar-refractivity contribution in [2.45, 2.75) is 38.5 Å². The molecule has 0 saturated carbocycles. The normalized spacial score (nSPS) is 23.9. The second kappa shape index (κ2) is 7.02. The van der Waals surface area contributed by atoms with Crippen LogP contribution < -0.4 is 0 Å². The molecule has 2 heterocycles. The second-order valence-corrected chi connectivity index (χ2v) is 7.73. The molecule has 2 aliphatic rings. The van der Waals surface area contributed by atoms with Gasteiger partial charge in [0.15, 0.2) is 0 Å². The summed E-state index contributed by atoms with van der Waals surface area (Å²) in [7, 11) is -1.52. The Balaban J connectivity index is 1.85. The molecule has 0 unspecified atom stereocenters. The lowest BCUT2D eigenvalue weighted by Crippen LogP contribution is -2.44. The third kappa shape index (κ3) is 4.15. The highest BCUT2D eigenvalue weighted by Gasteiger charge is 2.27. The van der Waals surface area contributed by atoms with E-state index in [1.54, 1.807) is 11.4 Å². The van der Waals surface area contributed by atoms with Crippen LogP contribution in [0.15, 0.2) is 0 Å². The van der Waals surface area contributed by atoms with Gasteiger partial charge in [-0.3, -0.25) is 0 Å². The van der Waals surface area contributed by atoms with Crippen molar-refractivity contribution in [2.24, 2.45) is 0 Å². The van der Waals surface area contributed by atoms with Crippen molar-refractivity contribution >= 4 is 10.2 Å². The summed E-state index contributed by atoms with van der Waals surface area (Å²) in [6.07, 6.45) is 6.82. The molecule has 0 aromatic heterocycles. The van der Waals surface area contributed by atoms with E-state index in [0.29, 0.717) is 19.6 Å². The zero-order chi connectivity index (χ0) is 13.7. The predicted octanol–water partition coefficient (Wildman–Crippen LogP) is 1.13. The van der Waals surface area contributed by atoms with E-state index in [0.717, 1.165) is 45.3 Å².